The predicted octanol–water partition coefficient (Wildman–Crippen LogP) is 4.75. The lowest BCUT2D eigenvalue weighted by molar-refractivity contribution is -0.385. The molecule has 0 unspecified atom stereocenters. The van der Waals surface area contributed by atoms with E-state index in [2.05, 4.69) is 37.5 Å². The molecule has 0 aliphatic carbocycles. The van der Waals surface area contributed by atoms with E-state index in [1.807, 2.05) is 0 Å². The maximum absolute atomic E-state index is 11.9. The Bertz CT molecular complexity index is 823. The van der Waals surface area contributed by atoms with Crippen LogP contribution < -0.4 is 9.47 Å². The summed E-state index contributed by atoms with van der Waals surface area (Å²) in [6.07, 6.45) is 4.21. The number of rotatable bonds is 8. The summed E-state index contributed by atoms with van der Waals surface area (Å²) in [6.45, 7) is 14.2. The van der Waals surface area contributed by atoms with Crippen molar-refractivity contribution in [2.24, 2.45) is 0 Å². The van der Waals surface area contributed by atoms with Crippen LogP contribution in [0.25, 0.3) is 5.57 Å². The summed E-state index contributed by atoms with van der Waals surface area (Å²) in [5, 5.41) is 11.9. The Hall–Kier alpha value is -2.12. The van der Waals surface area contributed by atoms with E-state index in [1.165, 1.54) is 18.4 Å². The molecule has 0 bridgehead atoms. The molecule has 31 heavy (non-hydrogen) atoms. The van der Waals surface area contributed by atoms with E-state index < -0.39 is 0 Å². The minimum atomic E-state index is -0.303. The van der Waals surface area contributed by atoms with Gasteiger partial charge in [0.25, 0.3) is 5.69 Å². The Labute approximate surface area is 186 Å². The summed E-state index contributed by atoms with van der Waals surface area (Å²) in [4.78, 5) is 16.5. The summed E-state index contributed by atoms with van der Waals surface area (Å²) < 4.78 is 11.5. The van der Waals surface area contributed by atoms with Crippen molar-refractivity contribution in [3.8, 4) is 11.5 Å². The van der Waals surface area contributed by atoms with Crippen LogP contribution >= 0.6 is 0 Å². The van der Waals surface area contributed by atoms with E-state index in [0.717, 1.165) is 51.1 Å². The third-order valence-electron chi connectivity index (χ3n) is 6.40. The number of hydrogen-bond donors (Lipinski definition) is 0. The van der Waals surface area contributed by atoms with Gasteiger partial charge in [-0.25, -0.2) is 0 Å². The Balaban J connectivity index is 1.80. The Morgan fingerprint density at radius 2 is 1.84 bits per heavy atom. The van der Waals surface area contributed by atoms with Crippen LogP contribution in [0, 0.1) is 10.1 Å². The van der Waals surface area contributed by atoms with E-state index in [9.17, 15) is 10.1 Å². The fraction of sp³-hybridized carbons (Fsp3) is 0.667. The molecule has 7 nitrogen and oxygen atoms in total. The van der Waals surface area contributed by atoms with Crippen LogP contribution in [0.5, 0.6) is 11.5 Å². The number of nitrogens with zero attached hydrogens (tertiary/aromatic N) is 3. The van der Waals surface area contributed by atoms with Gasteiger partial charge in [-0.15, -0.1) is 0 Å². The van der Waals surface area contributed by atoms with Gasteiger partial charge in [-0.3, -0.25) is 15.0 Å². The van der Waals surface area contributed by atoms with Gasteiger partial charge in [0.15, 0.2) is 11.5 Å². The molecular weight excluding hydrogens is 394 g/mol. The molecule has 3 rings (SSSR count). The molecule has 2 aliphatic heterocycles. The summed E-state index contributed by atoms with van der Waals surface area (Å²) in [5.41, 5.74) is 3.03. The van der Waals surface area contributed by atoms with Crippen molar-refractivity contribution in [1.82, 2.24) is 9.80 Å². The van der Waals surface area contributed by atoms with Crippen LogP contribution in [0.15, 0.2) is 17.7 Å². The second-order valence-corrected chi connectivity index (χ2v) is 9.63. The molecule has 1 fully saturated rings. The lowest BCUT2D eigenvalue weighted by Crippen LogP contribution is -2.44. The minimum Gasteiger partial charge on any atom is -0.493 e. The van der Waals surface area contributed by atoms with Crippen LogP contribution in [0.3, 0.4) is 0 Å². The third kappa shape index (κ3) is 5.77. The highest BCUT2D eigenvalue weighted by molar-refractivity contribution is 5.78. The molecular formula is C24H37N3O4. The SMILES string of the molecule is COc1cc(C2=C(C)CN(C(C)(C)C)CC2)c([N+](=O)[O-])cc1OCCCN1CCCC1. The van der Waals surface area contributed by atoms with Crippen LogP contribution in [-0.4, -0.2) is 66.7 Å². The van der Waals surface area contributed by atoms with Gasteiger partial charge in [-0.1, -0.05) is 5.57 Å². The molecule has 0 N–H and O–H groups in total. The highest BCUT2D eigenvalue weighted by Gasteiger charge is 2.30. The standard InChI is InChI=1S/C24H37N3O4/c1-18-17-26(24(2,3)4)13-9-19(18)20-15-22(30-5)23(16-21(20)27(28)29)31-14-8-12-25-10-6-7-11-25/h15-16H,6-14,17H2,1-5H3. The fourth-order valence-electron chi connectivity index (χ4n) is 4.55. The third-order valence-corrected chi connectivity index (χ3v) is 6.40. The van der Waals surface area contributed by atoms with Gasteiger partial charge in [0, 0.05) is 25.2 Å². The zero-order valence-electron chi connectivity index (χ0n) is 19.7. The Kier molecular flexibility index (Phi) is 7.59. The zero-order chi connectivity index (χ0) is 22.6. The van der Waals surface area contributed by atoms with Crippen LogP contribution in [-0.2, 0) is 0 Å². The largest absolute Gasteiger partial charge is 0.493 e. The number of benzene rings is 1. The van der Waals surface area contributed by atoms with Gasteiger partial charge in [-0.05, 0) is 78.1 Å². The van der Waals surface area contributed by atoms with Crippen LogP contribution in [0.4, 0.5) is 5.69 Å². The molecule has 1 aromatic rings. The molecule has 0 atom stereocenters. The molecule has 2 aliphatic rings. The number of likely N-dealkylation sites (tertiary alicyclic amines) is 1. The number of nitro groups is 1. The lowest BCUT2D eigenvalue weighted by Gasteiger charge is -2.39. The topological polar surface area (TPSA) is 68.1 Å². The summed E-state index contributed by atoms with van der Waals surface area (Å²) in [5.74, 6) is 1.00. The van der Waals surface area contributed by atoms with Crippen molar-refractivity contribution in [3.63, 3.8) is 0 Å². The quantitative estimate of drug-likeness (QED) is 0.336. The molecule has 0 aromatic heterocycles. The van der Waals surface area contributed by atoms with Crippen molar-refractivity contribution in [3.05, 3.63) is 33.4 Å². The van der Waals surface area contributed by atoms with Gasteiger partial charge >= 0.3 is 0 Å². The van der Waals surface area contributed by atoms with Gasteiger partial charge in [-0.2, -0.15) is 0 Å². The number of nitro benzene ring substituents is 1. The second-order valence-electron chi connectivity index (χ2n) is 9.63. The van der Waals surface area contributed by atoms with E-state index in [4.69, 9.17) is 9.47 Å². The first-order valence-corrected chi connectivity index (χ1v) is 11.4. The maximum atomic E-state index is 11.9. The first-order chi connectivity index (χ1) is 14.7. The molecule has 0 spiro atoms. The summed E-state index contributed by atoms with van der Waals surface area (Å²) in [7, 11) is 1.59. The van der Waals surface area contributed by atoms with Crippen LogP contribution in [0.2, 0.25) is 0 Å². The number of hydrogen-bond acceptors (Lipinski definition) is 6. The van der Waals surface area contributed by atoms with Gasteiger partial charge in [0.05, 0.1) is 30.3 Å². The van der Waals surface area contributed by atoms with E-state index in [-0.39, 0.29) is 16.1 Å². The predicted molar refractivity (Wildman–Crippen MR) is 124 cm³/mol. The smallest absolute Gasteiger partial charge is 0.280 e. The highest BCUT2D eigenvalue weighted by atomic mass is 16.6. The van der Waals surface area contributed by atoms with Gasteiger partial charge in [0.2, 0.25) is 0 Å². The van der Waals surface area contributed by atoms with Gasteiger partial charge in [0.1, 0.15) is 0 Å². The van der Waals surface area contributed by atoms with Crippen molar-refractivity contribution in [2.75, 3.05) is 46.4 Å². The second kappa shape index (κ2) is 10.0. The molecule has 0 radical (unpaired) electrons. The van der Waals surface area contributed by atoms with Gasteiger partial charge < -0.3 is 14.4 Å². The monoisotopic (exact) mass is 431 g/mol. The van der Waals surface area contributed by atoms with E-state index in [1.54, 1.807) is 19.2 Å². The van der Waals surface area contributed by atoms with Crippen molar-refractivity contribution in [2.45, 2.75) is 58.9 Å². The summed E-state index contributed by atoms with van der Waals surface area (Å²) in [6, 6.07) is 3.33. The molecule has 0 saturated carbocycles. The number of methoxy groups -OCH3 is 1. The molecule has 0 amide bonds. The first kappa shape index (κ1) is 23.5. The minimum absolute atomic E-state index is 0.0726. The van der Waals surface area contributed by atoms with E-state index >= 15 is 0 Å². The molecule has 1 saturated heterocycles. The van der Waals surface area contributed by atoms with Crippen LogP contribution in [0.1, 0.15) is 58.9 Å². The number of ether oxygens (including phenoxy) is 2. The molecule has 7 heteroatoms. The average Bonchev–Trinajstić information content (AvgIpc) is 3.23. The molecule has 1 aromatic carbocycles. The lowest BCUT2D eigenvalue weighted by atomic mass is 9.90. The van der Waals surface area contributed by atoms with Crippen molar-refractivity contribution < 1.29 is 14.4 Å². The normalized spacial score (nSPS) is 18.5. The molecule has 2 heterocycles. The maximum Gasteiger partial charge on any atom is 0.280 e. The average molecular weight is 432 g/mol. The Morgan fingerprint density at radius 1 is 1.13 bits per heavy atom. The first-order valence-electron chi connectivity index (χ1n) is 11.4. The zero-order valence-corrected chi connectivity index (χ0v) is 19.7. The highest BCUT2D eigenvalue weighted by Crippen LogP contribution is 2.41. The van der Waals surface area contributed by atoms with E-state index in [0.29, 0.717) is 23.7 Å². The fourth-order valence-corrected chi connectivity index (χ4v) is 4.55. The summed E-state index contributed by atoms with van der Waals surface area (Å²) >= 11 is 0. The molecule has 172 valence electrons. The van der Waals surface area contributed by atoms with Crippen molar-refractivity contribution >= 4 is 11.3 Å². The van der Waals surface area contributed by atoms with Crippen molar-refractivity contribution in [1.29, 1.82) is 0 Å². The Morgan fingerprint density at radius 3 is 2.42 bits per heavy atom.